The molecule has 0 aliphatic heterocycles. The van der Waals surface area contributed by atoms with Gasteiger partial charge in [-0.05, 0) is 45.1 Å². The minimum absolute atomic E-state index is 0.135. The molecule has 0 saturated heterocycles. The molecule has 0 radical (unpaired) electrons. The van der Waals surface area contributed by atoms with E-state index in [0.29, 0.717) is 25.7 Å². The molecule has 1 amide bonds. The van der Waals surface area contributed by atoms with Gasteiger partial charge in [-0.3, -0.25) is 4.79 Å². The van der Waals surface area contributed by atoms with Crippen LogP contribution in [-0.2, 0) is 20.9 Å². The van der Waals surface area contributed by atoms with Crippen LogP contribution in [0, 0.1) is 5.92 Å². The number of esters is 1. The molecule has 1 aliphatic carbocycles. The molecule has 126 valence electrons. The Morgan fingerprint density at radius 2 is 1.91 bits per heavy atom. The topological polar surface area (TPSA) is 75.6 Å². The number of carbonyl (C=O) groups excluding carboxylic acids is 2. The molecule has 0 aromatic heterocycles. The van der Waals surface area contributed by atoms with E-state index >= 15 is 0 Å². The minimum atomic E-state index is -0.673. The maximum atomic E-state index is 12.2. The second-order valence-corrected chi connectivity index (χ2v) is 6.59. The van der Waals surface area contributed by atoms with Crippen molar-refractivity contribution in [2.45, 2.75) is 57.8 Å². The van der Waals surface area contributed by atoms with Crippen molar-refractivity contribution in [1.82, 2.24) is 5.32 Å². The zero-order valence-electron chi connectivity index (χ0n) is 13.7. The summed E-state index contributed by atoms with van der Waals surface area (Å²) in [5.74, 6) is -0.714. The smallest absolute Gasteiger partial charge is 0.328 e. The van der Waals surface area contributed by atoms with Crippen LogP contribution in [-0.4, -0.2) is 28.6 Å². The molecule has 23 heavy (non-hydrogen) atoms. The van der Waals surface area contributed by atoms with E-state index in [1.807, 2.05) is 30.3 Å². The number of aliphatic hydroxyl groups is 1. The Kier molecular flexibility index (Phi) is 5.77. The van der Waals surface area contributed by atoms with Gasteiger partial charge in [-0.25, -0.2) is 4.79 Å². The summed E-state index contributed by atoms with van der Waals surface area (Å²) >= 11 is 0. The van der Waals surface area contributed by atoms with Gasteiger partial charge in [-0.1, -0.05) is 30.3 Å². The number of rotatable bonds is 5. The Hall–Kier alpha value is -1.88. The van der Waals surface area contributed by atoms with E-state index in [2.05, 4.69) is 5.32 Å². The molecule has 1 aromatic rings. The Balaban J connectivity index is 1.76. The number of carbonyl (C=O) groups is 2. The van der Waals surface area contributed by atoms with E-state index < -0.39 is 17.6 Å². The maximum absolute atomic E-state index is 12.2. The Morgan fingerprint density at radius 1 is 1.30 bits per heavy atom. The first-order chi connectivity index (χ1) is 10.9. The average molecular weight is 319 g/mol. The fourth-order valence-electron chi connectivity index (χ4n) is 2.75. The van der Waals surface area contributed by atoms with Crippen LogP contribution >= 0.6 is 0 Å². The summed E-state index contributed by atoms with van der Waals surface area (Å²) in [4.78, 5) is 24.2. The lowest BCUT2D eigenvalue weighted by molar-refractivity contribution is -0.149. The molecule has 5 nitrogen and oxygen atoms in total. The molecule has 1 fully saturated rings. The summed E-state index contributed by atoms with van der Waals surface area (Å²) in [7, 11) is 0. The average Bonchev–Trinajstić information content (AvgIpc) is 2.53. The molecule has 5 heteroatoms. The third-order valence-electron chi connectivity index (χ3n) is 4.37. The van der Waals surface area contributed by atoms with E-state index in [-0.39, 0.29) is 18.4 Å². The van der Waals surface area contributed by atoms with Gasteiger partial charge in [0.15, 0.2) is 0 Å². The number of amides is 1. The first-order valence-corrected chi connectivity index (χ1v) is 8.11. The quantitative estimate of drug-likeness (QED) is 0.816. The van der Waals surface area contributed by atoms with Crippen LogP contribution < -0.4 is 5.32 Å². The van der Waals surface area contributed by atoms with Gasteiger partial charge in [0.05, 0.1) is 5.60 Å². The minimum Gasteiger partial charge on any atom is -0.459 e. The van der Waals surface area contributed by atoms with Crippen LogP contribution in [0.3, 0.4) is 0 Å². The number of hydrogen-bond donors (Lipinski definition) is 2. The second-order valence-electron chi connectivity index (χ2n) is 6.59. The highest BCUT2D eigenvalue weighted by Crippen LogP contribution is 2.31. The molecule has 1 atom stereocenters. The van der Waals surface area contributed by atoms with Gasteiger partial charge in [0.1, 0.15) is 12.6 Å². The fourth-order valence-corrected chi connectivity index (χ4v) is 2.75. The molecule has 2 N–H and O–H groups in total. The van der Waals surface area contributed by atoms with Crippen molar-refractivity contribution in [2.24, 2.45) is 5.92 Å². The molecule has 1 aromatic carbocycles. The zero-order valence-corrected chi connectivity index (χ0v) is 13.7. The van der Waals surface area contributed by atoms with E-state index in [1.54, 1.807) is 13.8 Å². The Labute approximate surface area is 137 Å². The van der Waals surface area contributed by atoms with Crippen LogP contribution in [0.2, 0.25) is 0 Å². The van der Waals surface area contributed by atoms with Gasteiger partial charge in [-0.2, -0.15) is 0 Å². The summed E-state index contributed by atoms with van der Waals surface area (Å²) < 4.78 is 5.22. The molecule has 1 aliphatic rings. The number of ether oxygens (including phenoxy) is 1. The molecule has 0 heterocycles. The number of hydrogen-bond acceptors (Lipinski definition) is 4. The highest BCUT2D eigenvalue weighted by Gasteiger charge is 2.33. The molecule has 2 rings (SSSR count). The SMILES string of the molecule is C[C@@H](NC(=O)[C@H]1CC[C@](C)(O)CC1)C(=O)OCc1ccccc1. The van der Waals surface area contributed by atoms with Crippen molar-refractivity contribution >= 4 is 11.9 Å². The van der Waals surface area contributed by atoms with E-state index in [4.69, 9.17) is 4.74 Å². The van der Waals surface area contributed by atoms with Crippen LogP contribution in [0.15, 0.2) is 30.3 Å². The summed E-state index contributed by atoms with van der Waals surface area (Å²) in [6.07, 6.45) is 2.51. The molecule has 1 saturated carbocycles. The van der Waals surface area contributed by atoms with E-state index in [0.717, 1.165) is 5.56 Å². The van der Waals surface area contributed by atoms with Gasteiger partial charge in [0.2, 0.25) is 5.91 Å². The highest BCUT2D eigenvalue weighted by atomic mass is 16.5. The molecule has 0 unspecified atom stereocenters. The molecule has 0 spiro atoms. The van der Waals surface area contributed by atoms with Crippen LogP contribution in [0.1, 0.15) is 45.1 Å². The van der Waals surface area contributed by atoms with Crippen LogP contribution in [0.5, 0.6) is 0 Å². The number of nitrogens with one attached hydrogen (secondary N) is 1. The normalized spacial score (nSPS) is 25.4. The van der Waals surface area contributed by atoms with Crippen molar-refractivity contribution in [2.75, 3.05) is 0 Å². The van der Waals surface area contributed by atoms with Crippen molar-refractivity contribution in [3.8, 4) is 0 Å². The standard InChI is InChI=1S/C18H25NO4/c1-13(17(21)23-12-14-6-4-3-5-7-14)19-16(20)15-8-10-18(2,22)11-9-15/h3-7,13,15,22H,8-12H2,1-2H3,(H,19,20)/t13-,15-,18-/m1/s1. The first-order valence-electron chi connectivity index (χ1n) is 8.11. The van der Waals surface area contributed by atoms with Crippen LogP contribution in [0.25, 0.3) is 0 Å². The predicted octanol–water partition coefficient (Wildman–Crippen LogP) is 2.18. The van der Waals surface area contributed by atoms with Crippen LogP contribution in [0.4, 0.5) is 0 Å². The maximum Gasteiger partial charge on any atom is 0.328 e. The predicted molar refractivity (Wildman–Crippen MR) is 86.4 cm³/mol. The molecule has 0 bridgehead atoms. The largest absolute Gasteiger partial charge is 0.459 e. The van der Waals surface area contributed by atoms with Crippen molar-refractivity contribution in [1.29, 1.82) is 0 Å². The first kappa shape index (κ1) is 17.5. The Morgan fingerprint density at radius 3 is 2.52 bits per heavy atom. The highest BCUT2D eigenvalue weighted by molar-refractivity contribution is 5.85. The lowest BCUT2D eigenvalue weighted by atomic mass is 9.79. The van der Waals surface area contributed by atoms with Gasteiger partial charge in [0.25, 0.3) is 0 Å². The summed E-state index contributed by atoms with van der Waals surface area (Å²) in [5.41, 5.74) is 0.241. The molecular formula is C18H25NO4. The Bertz CT molecular complexity index is 531. The van der Waals surface area contributed by atoms with Gasteiger partial charge >= 0.3 is 5.97 Å². The summed E-state index contributed by atoms with van der Waals surface area (Å²) in [5, 5.41) is 12.6. The summed E-state index contributed by atoms with van der Waals surface area (Å²) in [6, 6.07) is 8.75. The third kappa shape index (κ3) is 5.36. The van der Waals surface area contributed by atoms with Crippen molar-refractivity contribution in [3.63, 3.8) is 0 Å². The number of benzene rings is 1. The van der Waals surface area contributed by atoms with E-state index in [1.165, 1.54) is 0 Å². The monoisotopic (exact) mass is 319 g/mol. The van der Waals surface area contributed by atoms with E-state index in [9.17, 15) is 14.7 Å². The summed E-state index contributed by atoms with van der Waals surface area (Å²) in [6.45, 7) is 3.63. The van der Waals surface area contributed by atoms with Gasteiger partial charge in [-0.15, -0.1) is 0 Å². The zero-order chi connectivity index (χ0) is 16.9. The van der Waals surface area contributed by atoms with Crippen molar-refractivity contribution in [3.05, 3.63) is 35.9 Å². The van der Waals surface area contributed by atoms with Gasteiger partial charge < -0.3 is 15.2 Å². The second kappa shape index (κ2) is 7.59. The fraction of sp³-hybridized carbons (Fsp3) is 0.556. The van der Waals surface area contributed by atoms with Crippen molar-refractivity contribution < 1.29 is 19.4 Å². The van der Waals surface area contributed by atoms with Gasteiger partial charge in [0, 0.05) is 5.92 Å². The lowest BCUT2D eigenvalue weighted by Crippen LogP contribution is -2.44. The lowest BCUT2D eigenvalue weighted by Gasteiger charge is -2.32. The third-order valence-corrected chi connectivity index (χ3v) is 4.37. The molecular weight excluding hydrogens is 294 g/mol.